The van der Waals surface area contributed by atoms with E-state index >= 15 is 0 Å². The third kappa shape index (κ3) is 54.7. The molecule has 0 aliphatic heterocycles. The average molecular weight is 944 g/mol. The molecule has 0 aromatic heterocycles. The molecule has 0 aromatic carbocycles. The Labute approximate surface area is 417 Å². The molecule has 67 heavy (non-hydrogen) atoms. The van der Waals surface area contributed by atoms with Crippen molar-refractivity contribution in [3.8, 4) is 0 Å². The third-order valence-corrected chi connectivity index (χ3v) is 13.4. The number of hydrogen-bond acceptors (Lipinski definition) is 6. The van der Waals surface area contributed by atoms with E-state index in [0.29, 0.717) is 19.3 Å². The third-order valence-electron chi connectivity index (χ3n) is 13.4. The highest BCUT2D eigenvalue weighted by molar-refractivity contribution is 5.71. The Morgan fingerprint density at radius 3 is 0.746 bits per heavy atom. The van der Waals surface area contributed by atoms with Gasteiger partial charge in [0.2, 0.25) is 0 Å². The van der Waals surface area contributed by atoms with Crippen LogP contribution in [0.25, 0.3) is 0 Å². The van der Waals surface area contributed by atoms with Gasteiger partial charge in [-0.3, -0.25) is 14.4 Å². The van der Waals surface area contributed by atoms with Crippen molar-refractivity contribution in [2.45, 2.75) is 335 Å². The smallest absolute Gasteiger partial charge is 0.306 e. The minimum Gasteiger partial charge on any atom is -0.462 e. The minimum absolute atomic E-state index is 0.0695. The van der Waals surface area contributed by atoms with Crippen molar-refractivity contribution < 1.29 is 28.6 Å². The fraction of sp³-hybridized carbons (Fsp3) is 0.885. The number of rotatable bonds is 55. The Kier molecular flexibility index (Phi) is 54.7. The summed E-state index contributed by atoms with van der Waals surface area (Å²) >= 11 is 0. The van der Waals surface area contributed by atoms with E-state index < -0.39 is 6.10 Å². The minimum atomic E-state index is -0.769. The zero-order valence-corrected chi connectivity index (χ0v) is 45.2. The van der Waals surface area contributed by atoms with E-state index in [2.05, 4.69) is 45.1 Å². The van der Waals surface area contributed by atoms with Gasteiger partial charge in [0.1, 0.15) is 13.2 Å². The molecular formula is C61H114O6. The molecule has 1 unspecified atom stereocenters. The maximum atomic E-state index is 12.8. The molecule has 0 saturated heterocycles. The van der Waals surface area contributed by atoms with E-state index in [-0.39, 0.29) is 31.1 Å². The number of allylic oxidation sites excluding steroid dienone is 4. The van der Waals surface area contributed by atoms with Crippen molar-refractivity contribution in [3.05, 3.63) is 24.3 Å². The highest BCUT2D eigenvalue weighted by Gasteiger charge is 2.19. The van der Waals surface area contributed by atoms with Crippen LogP contribution in [-0.4, -0.2) is 37.2 Å². The van der Waals surface area contributed by atoms with Crippen molar-refractivity contribution in [2.75, 3.05) is 13.2 Å². The number of carbonyl (C=O) groups is 3. The molecule has 6 heteroatoms. The van der Waals surface area contributed by atoms with E-state index in [9.17, 15) is 14.4 Å². The maximum absolute atomic E-state index is 12.8. The molecule has 0 spiro atoms. The van der Waals surface area contributed by atoms with Gasteiger partial charge in [-0.15, -0.1) is 0 Å². The van der Waals surface area contributed by atoms with Gasteiger partial charge in [-0.1, -0.05) is 263 Å². The van der Waals surface area contributed by atoms with Gasteiger partial charge in [0, 0.05) is 19.3 Å². The van der Waals surface area contributed by atoms with E-state index in [4.69, 9.17) is 14.2 Å². The van der Waals surface area contributed by atoms with Crippen LogP contribution in [-0.2, 0) is 28.6 Å². The SMILES string of the molecule is CCCCCCCCC/C=C\CCCCCCCCCC(=O)OC(COC(=O)CCCCCCCCCC)COC(=O)CCCCCCCCCCCCC/C=C\CCCCCCCCCC. The van der Waals surface area contributed by atoms with Crippen molar-refractivity contribution in [3.63, 3.8) is 0 Å². The van der Waals surface area contributed by atoms with Crippen LogP contribution in [0.5, 0.6) is 0 Å². The lowest BCUT2D eigenvalue weighted by molar-refractivity contribution is -0.167. The van der Waals surface area contributed by atoms with E-state index in [0.717, 1.165) is 57.8 Å². The monoisotopic (exact) mass is 943 g/mol. The maximum Gasteiger partial charge on any atom is 0.306 e. The normalized spacial score (nSPS) is 12.1. The molecule has 0 heterocycles. The Hall–Kier alpha value is -2.11. The lowest BCUT2D eigenvalue weighted by Crippen LogP contribution is -2.30. The summed E-state index contributed by atoms with van der Waals surface area (Å²) in [5.74, 6) is -0.860. The number of carbonyl (C=O) groups excluding carboxylic acids is 3. The number of unbranched alkanes of at least 4 members (excludes halogenated alkanes) is 40. The summed E-state index contributed by atoms with van der Waals surface area (Å²) in [6.07, 6.45) is 66.2. The molecule has 0 aliphatic rings. The molecule has 0 rings (SSSR count). The Bertz CT molecular complexity index is 1080. The standard InChI is InChI=1S/C61H114O6/c1-4-7-10-13-16-19-21-23-25-27-29-30-31-32-33-35-36-38-40-42-45-48-51-54-60(63)66-57-58(56-65-59(62)53-50-47-44-18-15-12-9-6-3)67-61(64)55-52-49-46-43-41-39-37-34-28-26-24-22-20-17-14-11-8-5-2/h26-29,58H,4-25,30-57H2,1-3H3/b28-26-,29-27-. The molecule has 6 nitrogen and oxygen atoms in total. The first-order valence-corrected chi connectivity index (χ1v) is 29.8. The number of hydrogen-bond donors (Lipinski definition) is 0. The van der Waals surface area contributed by atoms with E-state index in [1.54, 1.807) is 0 Å². The zero-order chi connectivity index (χ0) is 48.6. The zero-order valence-electron chi connectivity index (χ0n) is 45.2. The van der Waals surface area contributed by atoms with Crippen molar-refractivity contribution >= 4 is 17.9 Å². The van der Waals surface area contributed by atoms with Crippen LogP contribution in [0.4, 0.5) is 0 Å². The van der Waals surface area contributed by atoms with Crippen LogP contribution in [0.15, 0.2) is 24.3 Å². The lowest BCUT2D eigenvalue weighted by Gasteiger charge is -2.18. The van der Waals surface area contributed by atoms with Crippen LogP contribution in [0.3, 0.4) is 0 Å². The molecule has 0 aromatic rings. The summed E-state index contributed by atoms with van der Waals surface area (Å²) in [6, 6.07) is 0. The van der Waals surface area contributed by atoms with E-state index in [1.807, 2.05) is 0 Å². The molecule has 0 saturated carbocycles. The van der Waals surface area contributed by atoms with Gasteiger partial charge in [0.25, 0.3) is 0 Å². The predicted molar refractivity (Wildman–Crippen MR) is 289 cm³/mol. The molecule has 0 fully saturated rings. The Morgan fingerprint density at radius 2 is 0.493 bits per heavy atom. The van der Waals surface area contributed by atoms with Crippen molar-refractivity contribution in [1.82, 2.24) is 0 Å². The molecule has 1 atom stereocenters. The first-order chi connectivity index (χ1) is 33.0. The predicted octanol–water partition coefficient (Wildman–Crippen LogP) is 19.9. The van der Waals surface area contributed by atoms with Crippen LogP contribution >= 0.6 is 0 Å². The first-order valence-electron chi connectivity index (χ1n) is 29.8. The fourth-order valence-electron chi connectivity index (χ4n) is 8.91. The largest absolute Gasteiger partial charge is 0.462 e. The molecule has 0 N–H and O–H groups in total. The first kappa shape index (κ1) is 64.9. The molecule has 394 valence electrons. The summed E-state index contributed by atoms with van der Waals surface area (Å²) in [5.41, 5.74) is 0. The van der Waals surface area contributed by atoms with Gasteiger partial charge < -0.3 is 14.2 Å². The molecule has 0 amide bonds. The summed E-state index contributed by atoms with van der Waals surface area (Å²) in [6.45, 7) is 6.65. The summed E-state index contributed by atoms with van der Waals surface area (Å²) in [7, 11) is 0. The van der Waals surface area contributed by atoms with Gasteiger partial charge in [-0.05, 0) is 70.6 Å². The molecule has 0 bridgehead atoms. The lowest BCUT2D eigenvalue weighted by atomic mass is 10.0. The van der Waals surface area contributed by atoms with Crippen LogP contribution in [0, 0.1) is 0 Å². The average Bonchev–Trinajstić information content (AvgIpc) is 3.33. The van der Waals surface area contributed by atoms with Gasteiger partial charge in [0.15, 0.2) is 6.10 Å². The number of esters is 3. The Morgan fingerprint density at radius 1 is 0.284 bits per heavy atom. The summed E-state index contributed by atoms with van der Waals surface area (Å²) in [5, 5.41) is 0. The van der Waals surface area contributed by atoms with Crippen molar-refractivity contribution in [2.24, 2.45) is 0 Å². The van der Waals surface area contributed by atoms with Crippen LogP contribution < -0.4 is 0 Å². The van der Waals surface area contributed by atoms with Gasteiger partial charge in [-0.25, -0.2) is 0 Å². The molecule has 0 radical (unpaired) electrons. The van der Waals surface area contributed by atoms with Gasteiger partial charge >= 0.3 is 17.9 Å². The van der Waals surface area contributed by atoms with Crippen molar-refractivity contribution in [1.29, 1.82) is 0 Å². The second-order valence-corrected chi connectivity index (χ2v) is 20.3. The highest BCUT2D eigenvalue weighted by atomic mass is 16.6. The number of ether oxygens (including phenoxy) is 3. The topological polar surface area (TPSA) is 78.9 Å². The summed E-state index contributed by atoms with van der Waals surface area (Å²) in [4.78, 5) is 38.0. The second kappa shape index (κ2) is 56.5. The quantitative estimate of drug-likeness (QED) is 0.0262. The van der Waals surface area contributed by atoms with E-state index in [1.165, 1.54) is 231 Å². The van der Waals surface area contributed by atoms with Gasteiger partial charge in [-0.2, -0.15) is 0 Å². The summed E-state index contributed by atoms with van der Waals surface area (Å²) < 4.78 is 16.8. The second-order valence-electron chi connectivity index (χ2n) is 20.3. The van der Waals surface area contributed by atoms with Crippen LogP contribution in [0.2, 0.25) is 0 Å². The Balaban J connectivity index is 4.17. The highest BCUT2D eigenvalue weighted by Crippen LogP contribution is 2.16. The molecule has 0 aliphatic carbocycles. The van der Waals surface area contributed by atoms with Gasteiger partial charge in [0.05, 0.1) is 0 Å². The molecular weight excluding hydrogens is 829 g/mol. The fourth-order valence-corrected chi connectivity index (χ4v) is 8.91. The van der Waals surface area contributed by atoms with Crippen LogP contribution in [0.1, 0.15) is 329 Å².